The standard InChI is InChI=1S/C26H28N2OS/c1-2-30-25-27-24(29)22-23(28(25)17-14-19-10-4-3-5-11-19)21-13-7-6-12-20(21)18-26(22)15-8-9-16-26/h3-7,10-13H,2,8-9,14-18H2,1H3. The Morgan fingerprint density at radius 3 is 2.53 bits per heavy atom. The van der Waals surface area contributed by atoms with Gasteiger partial charge in [0.25, 0.3) is 5.56 Å². The highest BCUT2D eigenvalue weighted by Gasteiger charge is 2.44. The molecule has 1 heterocycles. The van der Waals surface area contributed by atoms with E-state index in [1.807, 2.05) is 0 Å². The maximum atomic E-state index is 13.4. The van der Waals surface area contributed by atoms with Crippen LogP contribution in [0.25, 0.3) is 11.3 Å². The first-order valence-electron chi connectivity index (χ1n) is 11.1. The van der Waals surface area contributed by atoms with Gasteiger partial charge in [0.2, 0.25) is 0 Å². The van der Waals surface area contributed by atoms with E-state index in [9.17, 15) is 4.79 Å². The number of benzene rings is 2. The molecule has 0 bridgehead atoms. The van der Waals surface area contributed by atoms with Gasteiger partial charge in [-0.05, 0) is 42.6 Å². The van der Waals surface area contributed by atoms with Crippen LogP contribution in [0.4, 0.5) is 0 Å². The minimum atomic E-state index is -0.0301. The Bertz CT molecular complexity index is 1110. The van der Waals surface area contributed by atoms with Crippen LogP contribution in [0.3, 0.4) is 0 Å². The van der Waals surface area contributed by atoms with Crippen molar-refractivity contribution in [2.24, 2.45) is 0 Å². The van der Waals surface area contributed by atoms with Crippen LogP contribution in [0.2, 0.25) is 0 Å². The fourth-order valence-corrected chi connectivity index (χ4v) is 6.21. The largest absolute Gasteiger partial charge is 0.319 e. The van der Waals surface area contributed by atoms with Crippen molar-refractivity contribution in [2.45, 2.75) is 62.6 Å². The van der Waals surface area contributed by atoms with Gasteiger partial charge in [-0.2, -0.15) is 4.98 Å². The van der Waals surface area contributed by atoms with Crippen molar-refractivity contribution in [3.63, 3.8) is 0 Å². The first kappa shape index (κ1) is 19.6. The van der Waals surface area contributed by atoms with Gasteiger partial charge in [-0.1, -0.05) is 86.1 Å². The third-order valence-corrected chi connectivity index (χ3v) is 7.64. The molecule has 0 radical (unpaired) electrons. The van der Waals surface area contributed by atoms with Crippen LogP contribution < -0.4 is 5.56 Å². The molecule has 0 N–H and O–H groups in total. The van der Waals surface area contributed by atoms with Gasteiger partial charge in [0, 0.05) is 17.5 Å². The van der Waals surface area contributed by atoms with E-state index in [2.05, 4.69) is 71.1 Å². The second-order valence-corrected chi connectivity index (χ2v) is 9.80. The first-order valence-corrected chi connectivity index (χ1v) is 12.1. The second kappa shape index (κ2) is 8.07. The second-order valence-electron chi connectivity index (χ2n) is 8.56. The molecule has 5 rings (SSSR count). The summed E-state index contributed by atoms with van der Waals surface area (Å²) >= 11 is 1.68. The van der Waals surface area contributed by atoms with E-state index < -0.39 is 0 Å². The maximum absolute atomic E-state index is 13.4. The first-order chi connectivity index (χ1) is 14.7. The molecule has 0 unspecified atom stereocenters. The molecular formula is C26H28N2OS. The molecule has 0 amide bonds. The highest BCUT2D eigenvalue weighted by atomic mass is 32.2. The quantitative estimate of drug-likeness (QED) is 0.399. The van der Waals surface area contributed by atoms with Crippen molar-refractivity contribution in [1.29, 1.82) is 0 Å². The lowest BCUT2D eigenvalue weighted by Gasteiger charge is -2.37. The normalized spacial score (nSPS) is 16.4. The topological polar surface area (TPSA) is 34.9 Å². The molecule has 3 nitrogen and oxygen atoms in total. The van der Waals surface area contributed by atoms with Gasteiger partial charge in [-0.25, -0.2) is 0 Å². The van der Waals surface area contributed by atoms with Crippen LogP contribution in [0.1, 0.15) is 49.3 Å². The van der Waals surface area contributed by atoms with Crippen molar-refractivity contribution in [1.82, 2.24) is 9.55 Å². The molecule has 1 fully saturated rings. The molecule has 3 aromatic rings. The zero-order chi connectivity index (χ0) is 20.6. The number of nitrogens with zero attached hydrogens (tertiary/aromatic N) is 2. The van der Waals surface area contributed by atoms with E-state index in [0.717, 1.165) is 54.4 Å². The van der Waals surface area contributed by atoms with E-state index in [4.69, 9.17) is 0 Å². The van der Waals surface area contributed by atoms with Crippen LogP contribution in [-0.2, 0) is 24.8 Å². The lowest BCUT2D eigenvalue weighted by atomic mass is 9.68. The van der Waals surface area contributed by atoms with E-state index in [1.54, 1.807) is 11.8 Å². The minimum absolute atomic E-state index is 0.00770. The highest BCUT2D eigenvalue weighted by molar-refractivity contribution is 7.99. The smallest absolute Gasteiger partial charge is 0.278 e. The Kier molecular flexibility index (Phi) is 5.28. The minimum Gasteiger partial charge on any atom is -0.319 e. The van der Waals surface area contributed by atoms with Gasteiger partial charge in [0.15, 0.2) is 5.16 Å². The molecule has 1 spiro atoms. The Labute approximate surface area is 182 Å². The van der Waals surface area contributed by atoms with Crippen molar-refractivity contribution >= 4 is 11.8 Å². The number of thioether (sulfide) groups is 1. The Hall–Kier alpha value is -2.33. The molecule has 2 aliphatic rings. The molecule has 2 aromatic carbocycles. The van der Waals surface area contributed by atoms with Gasteiger partial charge in [-0.3, -0.25) is 4.79 Å². The summed E-state index contributed by atoms with van der Waals surface area (Å²) < 4.78 is 2.36. The average molecular weight is 417 g/mol. The molecule has 0 saturated heterocycles. The van der Waals surface area contributed by atoms with Crippen molar-refractivity contribution in [2.75, 3.05) is 5.75 Å². The Balaban J connectivity index is 1.72. The summed E-state index contributed by atoms with van der Waals surface area (Å²) in [5, 5.41) is 0.863. The predicted molar refractivity (Wildman–Crippen MR) is 124 cm³/mol. The molecule has 2 aliphatic carbocycles. The van der Waals surface area contributed by atoms with Crippen LogP contribution in [0, 0.1) is 0 Å². The number of aromatic nitrogens is 2. The van der Waals surface area contributed by atoms with Crippen molar-refractivity contribution in [3.8, 4) is 11.3 Å². The highest BCUT2D eigenvalue weighted by Crippen LogP contribution is 2.50. The molecule has 1 saturated carbocycles. The summed E-state index contributed by atoms with van der Waals surface area (Å²) in [5.41, 5.74) is 6.05. The molecule has 0 atom stereocenters. The van der Waals surface area contributed by atoms with Crippen LogP contribution in [0.15, 0.2) is 64.5 Å². The number of fused-ring (bicyclic) bond motifs is 4. The molecule has 30 heavy (non-hydrogen) atoms. The molecule has 0 aliphatic heterocycles. The lowest BCUT2D eigenvalue weighted by molar-refractivity contribution is 0.417. The molecular weight excluding hydrogens is 388 g/mol. The maximum Gasteiger partial charge on any atom is 0.278 e. The number of hydrogen-bond acceptors (Lipinski definition) is 3. The Morgan fingerprint density at radius 1 is 1.03 bits per heavy atom. The van der Waals surface area contributed by atoms with Crippen LogP contribution >= 0.6 is 11.8 Å². The fourth-order valence-electron chi connectivity index (χ4n) is 5.46. The summed E-state index contributed by atoms with van der Waals surface area (Å²) in [6.07, 6.45) is 6.53. The van der Waals surface area contributed by atoms with E-state index in [-0.39, 0.29) is 11.0 Å². The van der Waals surface area contributed by atoms with Crippen LogP contribution in [0.5, 0.6) is 0 Å². The van der Waals surface area contributed by atoms with Crippen LogP contribution in [-0.4, -0.2) is 15.3 Å². The van der Waals surface area contributed by atoms with Gasteiger partial charge in [0.05, 0.1) is 11.3 Å². The average Bonchev–Trinajstić information content (AvgIpc) is 3.22. The Morgan fingerprint density at radius 2 is 1.77 bits per heavy atom. The summed E-state index contributed by atoms with van der Waals surface area (Å²) in [4.78, 5) is 18.1. The van der Waals surface area contributed by atoms with Crippen molar-refractivity contribution < 1.29 is 0 Å². The third-order valence-electron chi connectivity index (χ3n) is 6.78. The van der Waals surface area contributed by atoms with Crippen molar-refractivity contribution in [3.05, 3.63) is 81.6 Å². The van der Waals surface area contributed by atoms with Gasteiger partial charge < -0.3 is 4.57 Å². The zero-order valence-corrected chi connectivity index (χ0v) is 18.4. The van der Waals surface area contributed by atoms with E-state index in [1.165, 1.54) is 29.5 Å². The van der Waals surface area contributed by atoms with Gasteiger partial charge >= 0.3 is 0 Å². The zero-order valence-electron chi connectivity index (χ0n) is 17.6. The van der Waals surface area contributed by atoms with E-state index in [0.29, 0.717) is 0 Å². The number of aryl methyl sites for hydroxylation is 1. The summed E-state index contributed by atoms with van der Waals surface area (Å²) in [6, 6.07) is 19.3. The van der Waals surface area contributed by atoms with E-state index >= 15 is 0 Å². The number of hydrogen-bond donors (Lipinski definition) is 0. The van der Waals surface area contributed by atoms with Gasteiger partial charge in [0.1, 0.15) is 0 Å². The number of rotatable bonds is 5. The third kappa shape index (κ3) is 3.31. The fraction of sp³-hybridized carbons (Fsp3) is 0.385. The molecule has 154 valence electrons. The molecule has 1 aromatic heterocycles. The lowest BCUT2D eigenvalue weighted by Crippen LogP contribution is -2.39. The predicted octanol–water partition coefficient (Wildman–Crippen LogP) is 5.63. The monoisotopic (exact) mass is 416 g/mol. The summed E-state index contributed by atoms with van der Waals surface area (Å²) in [6.45, 7) is 2.97. The van der Waals surface area contributed by atoms with Gasteiger partial charge in [-0.15, -0.1) is 0 Å². The SMILES string of the molecule is CCSc1nc(=O)c2c(n1CCc1ccccc1)-c1ccccc1CC21CCCC1. The summed E-state index contributed by atoms with van der Waals surface area (Å²) in [5.74, 6) is 0.906. The summed E-state index contributed by atoms with van der Waals surface area (Å²) in [7, 11) is 0. The molecule has 4 heteroatoms.